The summed E-state index contributed by atoms with van der Waals surface area (Å²) >= 11 is 0. The van der Waals surface area contributed by atoms with Gasteiger partial charge in [-0.2, -0.15) is 0 Å². The summed E-state index contributed by atoms with van der Waals surface area (Å²) < 4.78 is 21.2. The van der Waals surface area contributed by atoms with Crippen molar-refractivity contribution in [2.75, 3.05) is 40.3 Å². The maximum absolute atomic E-state index is 12.6. The molecule has 1 fully saturated rings. The summed E-state index contributed by atoms with van der Waals surface area (Å²) in [5, 5.41) is 11.6. The van der Waals surface area contributed by atoms with Crippen LogP contribution < -0.4 is 4.74 Å². The molecule has 0 bridgehead atoms. The zero-order chi connectivity index (χ0) is 20.9. The number of methoxy groups -OCH3 is 1. The van der Waals surface area contributed by atoms with Gasteiger partial charge in [0, 0.05) is 0 Å². The van der Waals surface area contributed by atoms with Crippen LogP contribution in [0.2, 0.25) is 0 Å². The Labute approximate surface area is 167 Å². The predicted molar refractivity (Wildman–Crippen MR) is 102 cm³/mol. The Balaban J connectivity index is 1.67. The van der Waals surface area contributed by atoms with Crippen molar-refractivity contribution in [2.24, 2.45) is 5.41 Å². The first-order valence-corrected chi connectivity index (χ1v) is 9.10. The van der Waals surface area contributed by atoms with E-state index < -0.39 is 22.4 Å². The smallest absolute Gasteiger partial charge is 0.313 e. The van der Waals surface area contributed by atoms with Crippen LogP contribution in [0.25, 0.3) is 10.8 Å². The number of carbonyl (C=O) groups excluding carboxylic acids is 1. The van der Waals surface area contributed by atoms with E-state index in [2.05, 4.69) is 4.84 Å². The number of carbonyl (C=O) groups is 1. The molecule has 3 rings (SSSR count). The number of hydrogen-bond donors (Lipinski definition) is 0. The number of rotatable bonds is 8. The Hall–Kier alpha value is -2.91. The molecule has 0 saturated carbocycles. The van der Waals surface area contributed by atoms with Gasteiger partial charge in [0.15, 0.2) is 0 Å². The van der Waals surface area contributed by atoms with Gasteiger partial charge in [0.2, 0.25) is 0 Å². The normalized spacial score (nSPS) is 16.8. The Morgan fingerprint density at radius 2 is 1.86 bits per heavy atom. The van der Waals surface area contributed by atoms with E-state index in [-0.39, 0.29) is 33.2 Å². The van der Waals surface area contributed by atoms with Crippen LogP contribution in [0.3, 0.4) is 0 Å². The highest BCUT2D eigenvalue weighted by Crippen LogP contribution is 2.28. The van der Waals surface area contributed by atoms with Crippen molar-refractivity contribution in [2.45, 2.75) is 12.8 Å². The molecule has 0 N–H and O–H groups in total. The molecule has 9 heteroatoms. The summed E-state index contributed by atoms with van der Waals surface area (Å²) in [6.45, 7) is 1.74. The van der Waals surface area contributed by atoms with Crippen molar-refractivity contribution in [1.29, 1.82) is 0 Å². The molecule has 9 nitrogen and oxygen atoms in total. The second-order valence-electron chi connectivity index (χ2n) is 7.11. The number of esters is 1. The zero-order valence-corrected chi connectivity index (χ0v) is 16.3. The fraction of sp³-hybridized carbons (Fsp3) is 0.450. The topological polar surface area (TPSA) is 106 Å². The molecule has 2 aromatic rings. The summed E-state index contributed by atoms with van der Waals surface area (Å²) in [5.41, 5.74) is -0.111. The zero-order valence-electron chi connectivity index (χ0n) is 16.3. The minimum atomic E-state index is -0.916. The molecule has 0 aromatic heterocycles. The van der Waals surface area contributed by atoms with Crippen molar-refractivity contribution in [3.05, 3.63) is 52.1 Å². The highest BCUT2D eigenvalue weighted by molar-refractivity contribution is 5.86. The molecular formula is C20H23NO8. The van der Waals surface area contributed by atoms with Crippen molar-refractivity contribution < 1.29 is 33.7 Å². The fourth-order valence-electron chi connectivity index (χ4n) is 3.14. The number of nitrogens with zero attached hydrogens (tertiary/aromatic N) is 1. The Bertz CT molecular complexity index is 878. The maximum atomic E-state index is 12.6. The van der Waals surface area contributed by atoms with Gasteiger partial charge < -0.3 is 23.8 Å². The summed E-state index contributed by atoms with van der Waals surface area (Å²) in [6.07, 6.45) is 0. The SMILES string of the molecule is COc1ccc2cc([C@H](C)C(=O)OCC3(CO[N+](=O)[O-])COCOC3)ccc2c1. The lowest BCUT2D eigenvalue weighted by Gasteiger charge is -2.35. The molecular weight excluding hydrogens is 382 g/mol. The van der Waals surface area contributed by atoms with Gasteiger partial charge in [0.05, 0.1) is 31.7 Å². The third kappa shape index (κ3) is 5.12. The minimum absolute atomic E-state index is 0.0897. The highest BCUT2D eigenvalue weighted by atomic mass is 17.0. The molecule has 1 aliphatic rings. The van der Waals surface area contributed by atoms with Crippen LogP contribution in [0.1, 0.15) is 18.4 Å². The molecule has 0 unspecified atom stereocenters. The molecule has 0 radical (unpaired) electrons. The molecule has 2 aromatic carbocycles. The summed E-state index contributed by atoms with van der Waals surface area (Å²) in [7, 11) is 1.61. The molecule has 1 heterocycles. The number of fused-ring (bicyclic) bond motifs is 1. The van der Waals surface area contributed by atoms with Crippen molar-refractivity contribution in [1.82, 2.24) is 0 Å². The lowest BCUT2D eigenvalue weighted by atomic mass is 9.91. The van der Waals surface area contributed by atoms with Gasteiger partial charge in [-0.25, -0.2) is 0 Å². The number of ether oxygens (including phenoxy) is 4. The molecule has 0 aliphatic carbocycles. The lowest BCUT2D eigenvalue weighted by Crippen LogP contribution is -2.46. The second-order valence-corrected chi connectivity index (χ2v) is 7.11. The number of benzene rings is 2. The van der Waals surface area contributed by atoms with Crippen LogP contribution in [0.5, 0.6) is 5.75 Å². The van der Waals surface area contributed by atoms with Crippen LogP contribution in [-0.4, -0.2) is 51.4 Å². The van der Waals surface area contributed by atoms with E-state index >= 15 is 0 Å². The first-order valence-electron chi connectivity index (χ1n) is 9.10. The van der Waals surface area contributed by atoms with Crippen LogP contribution in [0.15, 0.2) is 36.4 Å². The van der Waals surface area contributed by atoms with Gasteiger partial charge in [0.25, 0.3) is 5.09 Å². The van der Waals surface area contributed by atoms with Crippen molar-refractivity contribution >= 4 is 16.7 Å². The quantitative estimate of drug-likeness (QED) is 0.375. The van der Waals surface area contributed by atoms with E-state index in [0.29, 0.717) is 0 Å². The maximum Gasteiger partial charge on any atom is 0.313 e. The van der Waals surface area contributed by atoms with Gasteiger partial charge in [0.1, 0.15) is 25.8 Å². The van der Waals surface area contributed by atoms with Crippen LogP contribution in [0, 0.1) is 15.5 Å². The average molecular weight is 405 g/mol. The van der Waals surface area contributed by atoms with E-state index in [1.165, 1.54) is 0 Å². The molecule has 0 spiro atoms. The van der Waals surface area contributed by atoms with Gasteiger partial charge in [-0.05, 0) is 35.4 Å². The van der Waals surface area contributed by atoms with Gasteiger partial charge in [-0.3, -0.25) is 4.79 Å². The van der Waals surface area contributed by atoms with Gasteiger partial charge in [-0.15, -0.1) is 10.1 Å². The number of hydrogen-bond acceptors (Lipinski definition) is 8. The molecule has 1 aliphatic heterocycles. The van der Waals surface area contributed by atoms with Gasteiger partial charge in [-0.1, -0.05) is 24.3 Å². The Kier molecular flexibility index (Phi) is 6.50. The summed E-state index contributed by atoms with van der Waals surface area (Å²) in [5.74, 6) is -0.193. The lowest BCUT2D eigenvalue weighted by molar-refractivity contribution is -0.761. The fourth-order valence-corrected chi connectivity index (χ4v) is 3.14. The van der Waals surface area contributed by atoms with E-state index in [4.69, 9.17) is 18.9 Å². The first-order chi connectivity index (χ1) is 13.9. The Morgan fingerprint density at radius 1 is 1.17 bits per heavy atom. The van der Waals surface area contributed by atoms with Gasteiger partial charge >= 0.3 is 5.97 Å². The van der Waals surface area contributed by atoms with E-state index in [1.807, 2.05) is 36.4 Å². The highest BCUT2D eigenvalue weighted by Gasteiger charge is 2.37. The Morgan fingerprint density at radius 3 is 2.55 bits per heavy atom. The van der Waals surface area contributed by atoms with Crippen LogP contribution >= 0.6 is 0 Å². The van der Waals surface area contributed by atoms with Crippen LogP contribution in [-0.2, 0) is 23.8 Å². The average Bonchev–Trinajstić information content (AvgIpc) is 2.75. The largest absolute Gasteiger partial charge is 0.497 e. The minimum Gasteiger partial charge on any atom is -0.497 e. The molecule has 29 heavy (non-hydrogen) atoms. The van der Waals surface area contributed by atoms with E-state index in [1.54, 1.807) is 14.0 Å². The molecule has 1 atom stereocenters. The summed E-state index contributed by atoms with van der Waals surface area (Å²) in [4.78, 5) is 27.6. The second kappa shape index (κ2) is 9.06. The van der Waals surface area contributed by atoms with Crippen molar-refractivity contribution in [3.8, 4) is 5.75 Å². The van der Waals surface area contributed by atoms with Crippen LogP contribution in [0.4, 0.5) is 0 Å². The third-order valence-electron chi connectivity index (χ3n) is 4.90. The first kappa shape index (κ1) is 20.8. The monoisotopic (exact) mass is 405 g/mol. The van der Waals surface area contributed by atoms with E-state index in [9.17, 15) is 14.9 Å². The third-order valence-corrected chi connectivity index (χ3v) is 4.90. The predicted octanol–water partition coefficient (Wildman–Crippen LogP) is 2.69. The molecule has 1 saturated heterocycles. The summed E-state index contributed by atoms with van der Waals surface area (Å²) in [6, 6.07) is 11.4. The molecule has 0 amide bonds. The molecule has 156 valence electrons. The van der Waals surface area contributed by atoms with Crippen molar-refractivity contribution in [3.63, 3.8) is 0 Å². The standard InChI is InChI=1S/C20H23NO8/c1-14(15-3-4-17-8-18(25-2)6-5-16(17)7-15)19(22)28-11-20(12-29-21(23)24)9-26-13-27-10-20/h3-8,14H,9-13H2,1-2H3/t14-/m0/s1. The van der Waals surface area contributed by atoms with E-state index in [0.717, 1.165) is 22.1 Å².